The molecule has 6 rings (SSSR count). The summed E-state index contributed by atoms with van der Waals surface area (Å²) < 4.78 is 6.50. The average Bonchev–Trinajstić information content (AvgIpc) is 3.71. The van der Waals surface area contributed by atoms with Gasteiger partial charge in [0, 0.05) is 16.9 Å². The van der Waals surface area contributed by atoms with Crippen molar-refractivity contribution < 1.29 is 19.1 Å². The maximum atomic E-state index is 13.6. The number of ether oxygens (including phenoxy) is 1. The molecule has 1 aliphatic heterocycles. The Morgan fingerprint density at radius 1 is 0.833 bits per heavy atom. The van der Waals surface area contributed by atoms with Crippen molar-refractivity contribution in [3.63, 3.8) is 0 Å². The van der Waals surface area contributed by atoms with Crippen molar-refractivity contribution in [2.75, 3.05) is 15.5 Å². The second-order valence-corrected chi connectivity index (χ2v) is 11.3. The van der Waals surface area contributed by atoms with Crippen molar-refractivity contribution in [2.45, 2.75) is 18.8 Å². The predicted octanol–water partition coefficient (Wildman–Crippen LogP) is 6.79. The quantitative estimate of drug-likeness (QED) is 0.187. The maximum absolute atomic E-state index is 13.6. The lowest BCUT2D eigenvalue weighted by Crippen LogP contribution is -2.36. The van der Waals surface area contributed by atoms with Gasteiger partial charge in [0.05, 0.1) is 26.8 Å². The van der Waals surface area contributed by atoms with Crippen LogP contribution in [0.1, 0.15) is 15.9 Å². The van der Waals surface area contributed by atoms with Crippen molar-refractivity contribution in [2.24, 2.45) is 0 Å². The molecule has 5 aromatic rings. The number of nitrogens with one attached hydrogen (secondary N) is 2. The van der Waals surface area contributed by atoms with Gasteiger partial charge >= 0.3 is 0 Å². The summed E-state index contributed by atoms with van der Waals surface area (Å²) in [5.41, 5.74) is 3.11. The normalized spacial score (nSPS) is 15.7. The van der Waals surface area contributed by atoms with Gasteiger partial charge in [-0.25, -0.2) is 4.98 Å². The number of benzene rings is 4. The molecule has 11 heteroatoms. The first kappa shape index (κ1) is 27.9. The van der Waals surface area contributed by atoms with Gasteiger partial charge in [0.2, 0.25) is 0 Å². The first-order valence-electron chi connectivity index (χ1n) is 12.9. The van der Waals surface area contributed by atoms with Gasteiger partial charge in [-0.1, -0.05) is 77.0 Å². The molecule has 2 atom stereocenters. The number of nitrogens with zero attached hydrogens (tertiary/aromatic N) is 2. The maximum Gasteiger partial charge on any atom is 0.259 e. The molecule has 0 aliphatic carbocycles. The number of epoxide rings is 1. The number of hydrogen-bond donors (Lipinski definition) is 2. The van der Waals surface area contributed by atoms with Gasteiger partial charge in [-0.15, -0.1) is 0 Å². The van der Waals surface area contributed by atoms with Crippen LogP contribution in [0, 0.1) is 0 Å². The van der Waals surface area contributed by atoms with E-state index in [-0.39, 0.29) is 18.4 Å². The summed E-state index contributed by atoms with van der Waals surface area (Å²) in [5, 5.41) is 6.71. The van der Waals surface area contributed by atoms with E-state index in [9.17, 15) is 14.4 Å². The van der Waals surface area contributed by atoms with Crippen molar-refractivity contribution >= 4 is 79.0 Å². The second-order valence-electron chi connectivity index (χ2n) is 9.49. The number of amides is 3. The van der Waals surface area contributed by atoms with Crippen LogP contribution >= 0.6 is 34.5 Å². The van der Waals surface area contributed by atoms with Crippen LogP contribution in [0.5, 0.6) is 0 Å². The molecule has 0 bridgehead atoms. The Labute approximate surface area is 254 Å². The topological polar surface area (TPSA) is 104 Å². The Balaban J connectivity index is 1.17. The number of para-hydroxylation sites is 1. The van der Waals surface area contributed by atoms with Crippen LogP contribution < -0.4 is 15.5 Å². The fraction of sp³-hybridized carbons (Fsp3) is 0.0968. The molecule has 0 spiro atoms. The number of hydrogen-bond acceptors (Lipinski definition) is 6. The molecule has 0 saturated carbocycles. The molecular weight excluding hydrogens is 595 g/mol. The summed E-state index contributed by atoms with van der Waals surface area (Å²) >= 11 is 13.4. The third kappa shape index (κ3) is 6.14. The first-order chi connectivity index (χ1) is 20.4. The predicted molar refractivity (Wildman–Crippen MR) is 165 cm³/mol. The summed E-state index contributed by atoms with van der Waals surface area (Å²) in [4.78, 5) is 45.3. The largest absolute Gasteiger partial charge is 0.349 e. The van der Waals surface area contributed by atoms with Crippen LogP contribution in [0.4, 0.5) is 16.5 Å². The van der Waals surface area contributed by atoms with Crippen LogP contribution in [-0.4, -0.2) is 34.9 Å². The van der Waals surface area contributed by atoms with E-state index in [1.165, 1.54) is 17.4 Å². The van der Waals surface area contributed by atoms with Gasteiger partial charge in [-0.05, 0) is 60.2 Å². The molecule has 1 saturated heterocycles. The number of anilines is 3. The van der Waals surface area contributed by atoms with E-state index in [1.54, 1.807) is 41.3 Å². The van der Waals surface area contributed by atoms with E-state index < -0.39 is 18.1 Å². The highest BCUT2D eigenvalue weighted by Crippen LogP contribution is 2.31. The van der Waals surface area contributed by atoms with Crippen molar-refractivity contribution in [3.8, 4) is 0 Å². The lowest BCUT2D eigenvalue weighted by Gasteiger charge is -2.22. The van der Waals surface area contributed by atoms with Crippen molar-refractivity contribution in [3.05, 3.63) is 118 Å². The molecule has 8 nitrogen and oxygen atoms in total. The van der Waals surface area contributed by atoms with E-state index in [2.05, 4.69) is 15.6 Å². The Morgan fingerprint density at radius 2 is 1.57 bits per heavy atom. The fourth-order valence-corrected chi connectivity index (χ4v) is 5.55. The molecule has 4 aromatic carbocycles. The highest BCUT2D eigenvalue weighted by molar-refractivity contribution is 7.22. The number of carbonyl (C=O) groups is 3. The lowest BCUT2D eigenvalue weighted by molar-refractivity contribution is -0.120. The molecule has 2 N–H and O–H groups in total. The summed E-state index contributed by atoms with van der Waals surface area (Å²) in [6, 6.07) is 28.5. The number of aromatic nitrogens is 1. The molecule has 2 heterocycles. The Kier molecular flexibility index (Phi) is 7.90. The summed E-state index contributed by atoms with van der Waals surface area (Å²) in [7, 11) is 0. The van der Waals surface area contributed by atoms with E-state index in [4.69, 9.17) is 27.9 Å². The zero-order valence-corrected chi connectivity index (χ0v) is 24.1. The fourth-order valence-electron chi connectivity index (χ4n) is 4.39. The average molecular weight is 618 g/mol. The van der Waals surface area contributed by atoms with Crippen molar-refractivity contribution in [1.82, 2.24) is 4.98 Å². The van der Waals surface area contributed by atoms with Gasteiger partial charge in [-0.2, -0.15) is 0 Å². The molecule has 3 amide bonds. The van der Waals surface area contributed by atoms with E-state index in [0.29, 0.717) is 32.1 Å². The third-order valence-corrected chi connectivity index (χ3v) is 8.28. The number of thiazole rings is 1. The lowest BCUT2D eigenvalue weighted by atomic mass is 10.1. The van der Waals surface area contributed by atoms with Crippen molar-refractivity contribution in [1.29, 1.82) is 0 Å². The van der Waals surface area contributed by atoms with Crippen LogP contribution in [0.3, 0.4) is 0 Å². The van der Waals surface area contributed by atoms with Crippen LogP contribution in [0.2, 0.25) is 10.0 Å². The Bertz CT molecular complexity index is 1760. The Morgan fingerprint density at radius 3 is 2.31 bits per heavy atom. The SMILES string of the molecule is O=C(Nc1nc2ccccc2s1)c1ccc(N(Cc2ccccc2)C(=O)C2OC2C(=O)Nc2ccc(Cl)c(Cl)c2)cc1. The van der Waals surface area contributed by atoms with Gasteiger partial charge in [-0.3, -0.25) is 19.7 Å². The van der Waals surface area contributed by atoms with Gasteiger partial charge in [0.15, 0.2) is 17.3 Å². The number of rotatable bonds is 8. The number of halogens is 2. The minimum Gasteiger partial charge on any atom is -0.349 e. The van der Waals surface area contributed by atoms with E-state index in [0.717, 1.165) is 15.8 Å². The molecular formula is C31H22Cl2N4O4S. The molecule has 42 heavy (non-hydrogen) atoms. The zero-order valence-electron chi connectivity index (χ0n) is 21.8. The smallest absolute Gasteiger partial charge is 0.259 e. The molecule has 2 unspecified atom stereocenters. The molecule has 1 aromatic heterocycles. The van der Waals surface area contributed by atoms with Gasteiger partial charge < -0.3 is 15.0 Å². The minimum absolute atomic E-state index is 0.248. The van der Waals surface area contributed by atoms with Crippen LogP contribution in [-0.2, 0) is 20.9 Å². The Hall–Kier alpha value is -4.28. The monoisotopic (exact) mass is 616 g/mol. The van der Waals surface area contributed by atoms with Crippen LogP contribution in [0.25, 0.3) is 10.2 Å². The standard InChI is InChI=1S/C31H22Cl2N4O4S/c32-22-15-12-20(16-23(22)33)34-29(39)26-27(41-26)30(40)37(17-18-6-2-1-3-7-18)21-13-10-19(11-14-21)28(38)36-31-35-24-8-4-5-9-25(24)42-31/h1-16,26-27H,17H2,(H,34,39)(H,35,36,38). The third-order valence-electron chi connectivity index (χ3n) is 6.59. The molecule has 1 fully saturated rings. The van der Waals surface area contributed by atoms with Gasteiger partial charge in [0.25, 0.3) is 17.7 Å². The highest BCUT2D eigenvalue weighted by atomic mass is 35.5. The zero-order chi connectivity index (χ0) is 29.2. The number of carbonyl (C=O) groups excluding carboxylic acids is 3. The molecule has 1 aliphatic rings. The first-order valence-corrected chi connectivity index (χ1v) is 14.5. The minimum atomic E-state index is -0.960. The van der Waals surface area contributed by atoms with E-state index in [1.807, 2.05) is 54.6 Å². The molecule has 210 valence electrons. The van der Waals surface area contributed by atoms with E-state index >= 15 is 0 Å². The highest BCUT2D eigenvalue weighted by Gasteiger charge is 2.52. The van der Waals surface area contributed by atoms with Crippen LogP contribution in [0.15, 0.2) is 97.1 Å². The van der Waals surface area contributed by atoms with Gasteiger partial charge in [0.1, 0.15) is 0 Å². The second kappa shape index (κ2) is 11.9. The summed E-state index contributed by atoms with van der Waals surface area (Å²) in [5.74, 6) is -1.15. The number of fused-ring (bicyclic) bond motifs is 1. The summed E-state index contributed by atoms with van der Waals surface area (Å²) in [6.07, 6.45) is -1.91. The summed E-state index contributed by atoms with van der Waals surface area (Å²) in [6.45, 7) is 0.248. The molecule has 0 radical (unpaired) electrons.